The average molecular weight is 329 g/mol. The van der Waals surface area contributed by atoms with Gasteiger partial charge in [-0.25, -0.2) is 0 Å². The van der Waals surface area contributed by atoms with Gasteiger partial charge in [0.15, 0.2) is 0 Å². The van der Waals surface area contributed by atoms with Crippen LogP contribution in [0.3, 0.4) is 0 Å². The van der Waals surface area contributed by atoms with E-state index < -0.39 is 22.6 Å². The van der Waals surface area contributed by atoms with Gasteiger partial charge in [0.1, 0.15) is 10.7 Å². The molecular weight excluding hydrogens is 314 g/mol. The molecule has 2 N–H and O–H groups in total. The maximum atomic E-state index is 12.0. The number of hydrazine groups is 1. The number of benzene rings is 1. The van der Waals surface area contributed by atoms with Crippen LogP contribution in [0, 0.1) is 24.0 Å². The molecule has 1 heterocycles. The first-order valence-electron chi connectivity index (χ1n) is 6.96. The number of hydrogen-bond donors (Lipinski definition) is 2. The van der Waals surface area contributed by atoms with Gasteiger partial charge in [-0.3, -0.25) is 30.6 Å². The minimum atomic E-state index is -0.679. The van der Waals surface area contributed by atoms with E-state index in [0.717, 1.165) is 17.2 Å². The summed E-state index contributed by atoms with van der Waals surface area (Å²) in [4.78, 5) is 33.4. The van der Waals surface area contributed by atoms with Crippen molar-refractivity contribution in [1.82, 2.24) is 10.9 Å². The molecule has 24 heavy (non-hydrogen) atoms. The molecule has 8 nitrogen and oxygen atoms in total. The summed E-state index contributed by atoms with van der Waals surface area (Å²) in [5.41, 5.74) is 6.79. The fraction of sp³-hybridized carbons (Fsp3) is 0.125. The van der Waals surface area contributed by atoms with Gasteiger partial charge < -0.3 is 4.42 Å². The summed E-state index contributed by atoms with van der Waals surface area (Å²) in [6, 6.07) is 7.87. The number of amides is 2. The summed E-state index contributed by atoms with van der Waals surface area (Å²) < 4.78 is 4.86. The molecule has 0 fully saturated rings. The van der Waals surface area contributed by atoms with Gasteiger partial charge in [-0.05, 0) is 37.6 Å². The number of nitrogens with zero attached hydrogens (tertiary/aromatic N) is 1. The zero-order valence-electron chi connectivity index (χ0n) is 13.0. The highest BCUT2D eigenvalue weighted by molar-refractivity contribution is 5.98. The van der Waals surface area contributed by atoms with Crippen LogP contribution in [0.5, 0.6) is 0 Å². The van der Waals surface area contributed by atoms with E-state index in [1.54, 1.807) is 19.1 Å². The van der Waals surface area contributed by atoms with Crippen molar-refractivity contribution in [3.05, 3.63) is 69.0 Å². The Morgan fingerprint density at radius 1 is 1.17 bits per heavy atom. The zero-order chi connectivity index (χ0) is 17.7. The Bertz CT molecular complexity index is 823. The van der Waals surface area contributed by atoms with E-state index in [1.165, 1.54) is 18.2 Å². The molecule has 8 heteroatoms. The van der Waals surface area contributed by atoms with E-state index in [0.29, 0.717) is 5.56 Å². The first kappa shape index (κ1) is 16.9. The number of carbonyl (C=O) groups is 2. The molecule has 0 radical (unpaired) electrons. The van der Waals surface area contributed by atoms with Crippen LogP contribution >= 0.6 is 0 Å². The monoisotopic (exact) mass is 329 g/mol. The Balaban J connectivity index is 1.91. The van der Waals surface area contributed by atoms with Gasteiger partial charge in [0.05, 0.1) is 6.07 Å². The van der Waals surface area contributed by atoms with Gasteiger partial charge in [-0.2, -0.15) is 0 Å². The second-order valence-electron chi connectivity index (χ2n) is 5.03. The lowest BCUT2D eigenvalue weighted by Gasteiger charge is -2.08. The summed E-state index contributed by atoms with van der Waals surface area (Å²) >= 11 is 0. The summed E-state index contributed by atoms with van der Waals surface area (Å²) in [5, 5.41) is 10.5. The summed E-state index contributed by atoms with van der Waals surface area (Å²) in [6.07, 6.45) is 2.34. The second-order valence-corrected chi connectivity index (χ2v) is 5.03. The topological polar surface area (TPSA) is 114 Å². The van der Waals surface area contributed by atoms with E-state index in [9.17, 15) is 19.7 Å². The van der Waals surface area contributed by atoms with Crippen molar-refractivity contribution >= 4 is 23.8 Å². The molecule has 0 unspecified atom stereocenters. The van der Waals surface area contributed by atoms with Crippen LogP contribution in [-0.2, 0) is 4.79 Å². The maximum absolute atomic E-state index is 12.0. The van der Waals surface area contributed by atoms with Gasteiger partial charge >= 0.3 is 5.88 Å². The molecule has 0 atom stereocenters. The van der Waals surface area contributed by atoms with E-state index in [1.807, 2.05) is 13.0 Å². The largest absolute Gasteiger partial charge is 0.433 e. The van der Waals surface area contributed by atoms with E-state index in [4.69, 9.17) is 4.42 Å². The molecular formula is C16H15N3O5. The lowest BCUT2D eigenvalue weighted by Crippen LogP contribution is -2.41. The zero-order valence-corrected chi connectivity index (χ0v) is 13.0. The molecule has 0 aliphatic heterocycles. The Morgan fingerprint density at radius 2 is 1.92 bits per heavy atom. The Labute approximate surface area is 137 Å². The van der Waals surface area contributed by atoms with Crippen molar-refractivity contribution in [2.45, 2.75) is 13.8 Å². The maximum Gasteiger partial charge on any atom is 0.433 e. The molecule has 0 aliphatic rings. The first-order valence-corrected chi connectivity index (χ1v) is 6.96. The highest BCUT2D eigenvalue weighted by Crippen LogP contribution is 2.16. The van der Waals surface area contributed by atoms with Crippen LogP contribution < -0.4 is 10.9 Å². The first-order chi connectivity index (χ1) is 11.4. The number of hydrogen-bond acceptors (Lipinski definition) is 5. The fourth-order valence-corrected chi connectivity index (χ4v) is 1.98. The highest BCUT2D eigenvalue weighted by atomic mass is 16.6. The number of furan rings is 1. The summed E-state index contributed by atoms with van der Waals surface area (Å²) in [5.74, 6) is -1.31. The quantitative estimate of drug-likeness (QED) is 0.507. The molecule has 0 bridgehead atoms. The summed E-state index contributed by atoms with van der Waals surface area (Å²) in [7, 11) is 0. The Morgan fingerprint density at radius 3 is 2.54 bits per heavy atom. The van der Waals surface area contributed by atoms with E-state index in [2.05, 4.69) is 10.9 Å². The Hall–Kier alpha value is -3.42. The lowest BCUT2D eigenvalue weighted by molar-refractivity contribution is -0.402. The third-order valence-corrected chi connectivity index (χ3v) is 3.12. The van der Waals surface area contributed by atoms with Gasteiger partial charge in [-0.15, -0.1) is 0 Å². The molecule has 2 aromatic rings. The Kier molecular flexibility index (Phi) is 5.10. The third kappa shape index (κ3) is 4.29. The third-order valence-electron chi connectivity index (χ3n) is 3.12. The van der Waals surface area contributed by atoms with Crippen LogP contribution in [0.15, 0.2) is 40.8 Å². The van der Waals surface area contributed by atoms with E-state index in [-0.39, 0.29) is 5.76 Å². The standard InChI is InChI=1S/C16H15N3O5/c1-10-3-6-13(11(2)9-10)16(21)18-17-14(20)7-4-12-5-8-15(24-12)19(22)23/h3-9H,1-2H3,(H,17,20)(H,18,21)/b7-4+. The van der Waals surface area contributed by atoms with Crippen molar-refractivity contribution in [2.24, 2.45) is 0 Å². The smallest absolute Gasteiger partial charge is 0.401 e. The predicted molar refractivity (Wildman–Crippen MR) is 85.9 cm³/mol. The van der Waals surface area contributed by atoms with Gasteiger partial charge in [-0.1, -0.05) is 17.7 Å². The number of aryl methyl sites for hydroxylation is 2. The normalized spacial score (nSPS) is 10.6. The number of carbonyl (C=O) groups excluding carboxylic acids is 2. The predicted octanol–water partition coefficient (Wildman–Crippen LogP) is 2.28. The molecule has 0 saturated carbocycles. The van der Waals surface area contributed by atoms with Gasteiger partial charge in [0.25, 0.3) is 11.8 Å². The lowest BCUT2D eigenvalue weighted by atomic mass is 10.1. The molecule has 1 aromatic carbocycles. The van der Waals surface area contributed by atoms with Crippen LogP contribution in [0.4, 0.5) is 5.88 Å². The number of nitro groups is 1. The molecule has 124 valence electrons. The van der Waals surface area contributed by atoms with Gasteiger partial charge in [0, 0.05) is 11.6 Å². The molecule has 0 spiro atoms. The average Bonchev–Trinajstić information content (AvgIpc) is 3.00. The van der Waals surface area contributed by atoms with Crippen molar-refractivity contribution in [2.75, 3.05) is 0 Å². The fourth-order valence-electron chi connectivity index (χ4n) is 1.98. The highest BCUT2D eigenvalue weighted by Gasteiger charge is 2.11. The van der Waals surface area contributed by atoms with Crippen LogP contribution in [0.2, 0.25) is 0 Å². The van der Waals surface area contributed by atoms with Crippen molar-refractivity contribution in [3.8, 4) is 0 Å². The second kappa shape index (κ2) is 7.23. The SMILES string of the molecule is Cc1ccc(C(=O)NNC(=O)/C=C/c2ccc([N+](=O)[O-])o2)c(C)c1. The minimum Gasteiger partial charge on any atom is -0.401 e. The van der Waals surface area contributed by atoms with Crippen molar-refractivity contribution < 1.29 is 18.9 Å². The van der Waals surface area contributed by atoms with Crippen molar-refractivity contribution in [3.63, 3.8) is 0 Å². The minimum absolute atomic E-state index is 0.151. The van der Waals surface area contributed by atoms with Crippen LogP contribution in [0.25, 0.3) is 6.08 Å². The number of rotatable bonds is 4. The molecule has 2 amide bonds. The molecule has 1 aromatic heterocycles. The van der Waals surface area contributed by atoms with Gasteiger partial charge in [0.2, 0.25) is 0 Å². The summed E-state index contributed by atoms with van der Waals surface area (Å²) in [6.45, 7) is 3.72. The molecule has 0 saturated heterocycles. The van der Waals surface area contributed by atoms with Crippen LogP contribution in [0.1, 0.15) is 27.2 Å². The molecule has 0 aliphatic carbocycles. The van der Waals surface area contributed by atoms with Crippen LogP contribution in [-0.4, -0.2) is 16.7 Å². The van der Waals surface area contributed by atoms with Crippen molar-refractivity contribution in [1.29, 1.82) is 0 Å². The number of nitrogens with one attached hydrogen (secondary N) is 2. The molecule has 2 rings (SSSR count). The van der Waals surface area contributed by atoms with E-state index >= 15 is 0 Å².